The summed E-state index contributed by atoms with van der Waals surface area (Å²) in [6, 6.07) is 47.7. The van der Waals surface area contributed by atoms with E-state index in [0.29, 0.717) is 22.5 Å². The van der Waals surface area contributed by atoms with Crippen LogP contribution in [0.4, 0.5) is 0 Å². The van der Waals surface area contributed by atoms with Crippen LogP contribution in [0.3, 0.4) is 0 Å². The van der Waals surface area contributed by atoms with Crippen molar-refractivity contribution in [3.63, 3.8) is 0 Å². The van der Waals surface area contributed by atoms with E-state index in [0.717, 1.165) is 72.5 Å². The Hall–Kier alpha value is -5.57. The van der Waals surface area contributed by atoms with E-state index in [2.05, 4.69) is 157 Å². The van der Waals surface area contributed by atoms with Gasteiger partial charge in [0, 0.05) is 42.6 Å². The van der Waals surface area contributed by atoms with E-state index in [-0.39, 0.29) is 43.1 Å². The number of phenolic OH excluding ortho intramolecular Hbond substituents is 1. The van der Waals surface area contributed by atoms with Gasteiger partial charge in [0.1, 0.15) is 11.6 Å². The quantitative estimate of drug-likeness (QED) is 0.139. The second kappa shape index (κ2) is 18.8. The molecule has 0 amide bonds. The van der Waals surface area contributed by atoms with Crippen LogP contribution < -0.4 is 0 Å². The first kappa shape index (κ1) is 45.2. The molecule has 0 bridgehead atoms. The normalized spacial score (nSPS) is 13.5. The van der Waals surface area contributed by atoms with Crippen molar-refractivity contribution in [2.75, 3.05) is 0 Å². The molecule has 0 unspecified atom stereocenters. The molecular weight excluding hydrogens is 998 g/mol. The summed E-state index contributed by atoms with van der Waals surface area (Å²) in [6.07, 6.45) is 1.85. The minimum Gasteiger partial charge on any atom is -0.507 e. The second-order valence-corrected chi connectivity index (χ2v) is 21.3. The van der Waals surface area contributed by atoms with Gasteiger partial charge >= 0.3 is 0 Å². The molecule has 0 radical (unpaired) electrons. The Morgan fingerprint density at radius 3 is 1.88 bits per heavy atom. The van der Waals surface area contributed by atoms with E-state index in [9.17, 15) is 7.85 Å². The SMILES string of the molecule is [2H]C(C)(C)c1ccc(-c2ccnc(-c3[c-]c(-c4cccc5c4nc(-c4cc(C([2H])(C)C)cc(C([2H])(C)C)c4O)n5-c4ccc(C(C)(C)C(C)(C)C)cc4-c4ccccc4)cc(C(C)(C)C)c3)c2)cc1.[Pt]. The summed E-state index contributed by atoms with van der Waals surface area (Å²) >= 11 is 0. The molecule has 5 heteroatoms. The van der Waals surface area contributed by atoms with Crippen LogP contribution in [0.5, 0.6) is 5.75 Å². The number of phenols is 1. The summed E-state index contributed by atoms with van der Waals surface area (Å²) in [7, 11) is 0. The molecule has 0 aliphatic heterocycles. The third kappa shape index (κ3) is 9.62. The van der Waals surface area contributed by atoms with Crippen LogP contribution >= 0.6 is 0 Å². The van der Waals surface area contributed by atoms with Crippen LogP contribution in [0.15, 0.2) is 134 Å². The van der Waals surface area contributed by atoms with Crippen molar-refractivity contribution in [1.82, 2.24) is 14.5 Å². The molecule has 0 spiro atoms. The van der Waals surface area contributed by atoms with Gasteiger partial charge in [-0.05, 0) is 103 Å². The number of aromatic hydroxyl groups is 1. The molecule has 0 atom stereocenters. The van der Waals surface area contributed by atoms with Gasteiger partial charge in [-0.3, -0.25) is 9.55 Å². The molecule has 67 heavy (non-hydrogen) atoms. The minimum atomic E-state index is -1.18. The Kier molecular flexibility index (Phi) is 12.7. The molecular formula is C62H68N3OPt-. The molecule has 2 aromatic heterocycles. The molecule has 0 fully saturated rings. The average molecular weight is 1070 g/mol. The van der Waals surface area contributed by atoms with E-state index in [1.54, 1.807) is 19.9 Å². The summed E-state index contributed by atoms with van der Waals surface area (Å²) in [6.45, 7) is 29.1. The zero-order valence-electron chi connectivity index (χ0n) is 44.8. The molecule has 8 aromatic rings. The number of hydrogen-bond donors (Lipinski definition) is 1. The Morgan fingerprint density at radius 2 is 1.25 bits per heavy atom. The van der Waals surface area contributed by atoms with E-state index < -0.39 is 17.7 Å². The first-order valence-corrected chi connectivity index (χ1v) is 23.3. The van der Waals surface area contributed by atoms with Crippen molar-refractivity contribution in [2.45, 2.75) is 125 Å². The number of hydrogen-bond acceptors (Lipinski definition) is 3. The summed E-state index contributed by atoms with van der Waals surface area (Å²) in [5, 5.41) is 12.5. The fourth-order valence-corrected chi connectivity index (χ4v) is 8.66. The van der Waals surface area contributed by atoms with E-state index in [1.807, 2.05) is 64.2 Å². The summed E-state index contributed by atoms with van der Waals surface area (Å²) in [5.41, 5.74) is 14.3. The number of rotatable bonds is 10. The predicted molar refractivity (Wildman–Crippen MR) is 280 cm³/mol. The number of nitrogens with zero attached hydrogens (tertiary/aromatic N) is 3. The Labute approximate surface area is 419 Å². The standard InChI is InChI=1S/C62H68N3O.Pt/c1-38(2)41-23-25-42(26-24-41)44-29-30-63-54(36-44)47-31-46(32-49(33-47)60(7,8)9)50-21-18-22-56-57(50)64-59(53-35-45(39(3)4)34-51(40(5)6)58(53)66)65(56)55-28-27-48(62(13,14)61(10,11)12)37-52(55)43-19-16-15-17-20-43;/h15-30,32-40,66H,1-14H3;/q-1;/i38D,39D,40D;. The predicted octanol–water partition coefficient (Wildman–Crippen LogP) is 17.3. The molecule has 2 heterocycles. The van der Waals surface area contributed by atoms with Crippen LogP contribution in [0, 0.1) is 11.5 Å². The summed E-state index contributed by atoms with van der Waals surface area (Å²) in [5.74, 6) is -2.42. The number of fused-ring (bicyclic) bond motifs is 1. The van der Waals surface area contributed by atoms with Crippen molar-refractivity contribution in [3.05, 3.63) is 167 Å². The van der Waals surface area contributed by atoms with Crippen LogP contribution in [0.1, 0.15) is 147 Å². The molecule has 0 saturated heterocycles. The molecule has 348 valence electrons. The number of aromatic nitrogens is 3. The van der Waals surface area contributed by atoms with Crippen molar-refractivity contribution in [1.29, 1.82) is 0 Å². The molecule has 0 aliphatic rings. The summed E-state index contributed by atoms with van der Waals surface area (Å²) in [4.78, 5) is 10.5. The number of pyridine rings is 1. The van der Waals surface area contributed by atoms with Gasteiger partial charge in [-0.25, -0.2) is 4.98 Å². The molecule has 6 aromatic carbocycles. The van der Waals surface area contributed by atoms with Crippen LogP contribution in [0.2, 0.25) is 0 Å². The maximum absolute atomic E-state index is 12.5. The van der Waals surface area contributed by atoms with Gasteiger partial charge in [0.25, 0.3) is 0 Å². The van der Waals surface area contributed by atoms with Crippen molar-refractivity contribution in [3.8, 4) is 67.5 Å². The van der Waals surface area contributed by atoms with Gasteiger partial charge in [0.2, 0.25) is 0 Å². The zero-order valence-corrected chi connectivity index (χ0v) is 44.1. The smallest absolute Gasteiger partial charge is 0.148 e. The Bertz CT molecular complexity index is 3210. The minimum absolute atomic E-state index is 0. The van der Waals surface area contributed by atoms with E-state index in [4.69, 9.17) is 11.3 Å². The van der Waals surface area contributed by atoms with Crippen molar-refractivity contribution in [2.24, 2.45) is 5.41 Å². The Balaban J connectivity index is 0.00000722. The van der Waals surface area contributed by atoms with Gasteiger partial charge in [0.15, 0.2) is 0 Å². The van der Waals surface area contributed by atoms with Gasteiger partial charge in [0.05, 0.1) is 22.3 Å². The fraction of sp³-hybridized carbons (Fsp3) is 0.323. The molecule has 0 saturated carbocycles. The van der Waals surface area contributed by atoms with Gasteiger partial charge in [-0.2, -0.15) is 0 Å². The fourth-order valence-electron chi connectivity index (χ4n) is 8.66. The first-order chi connectivity index (χ1) is 32.0. The zero-order chi connectivity index (χ0) is 50.2. The van der Waals surface area contributed by atoms with Gasteiger partial charge < -0.3 is 5.11 Å². The van der Waals surface area contributed by atoms with Gasteiger partial charge in [-0.15, -0.1) is 29.3 Å². The Morgan fingerprint density at radius 1 is 0.582 bits per heavy atom. The third-order valence-corrected chi connectivity index (χ3v) is 13.9. The van der Waals surface area contributed by atoms with Gasteiger partial charge in [-0.1, -0.05) is 193 Å². The summed E-state index contributed by atoms with van der Waals surface area (Å²) < 4.78 is 29.1. The maximum atomic E-state index is 12.5. The average Bonchev–Trinajstić information content (AvgIpc) is 3.67. The largest absolute Gasteiger partial charge is 0.507 e. The molecule has 8 rings (SSSR count). The maximum Gasteiger partial charge on any atom is 0.148 e. The number of benzene rings is 6. The second-order valence-electron chi connectivity index (χ2n) is 21.3. The van der Waals surface area contributed by atoms with E-state index in [1.165, 1.54) is 5.56 Å². The first-order valence-electron chi connectivity index (χ1n) is 24.8. The molecule has 1 N–H and O–H groups in total. The topological polar surface area (TPSA) is 50.9 Å². The van der Waals surface area contributed by atoms with Crippen LogP contribution in [-0.4, -0.2) is 19.6 Å². The van der Waals surface area contributed by atoms with Crippen LogP contribution in [0.25, 0.3) is 72.7 Å². The van der Waals surface area contributed by atoms with Crippen molar-refractivity contribution >= 4 is 11.0 Å². The van der Waals surface area contributed by atoms with Crippen LogP contribution in [-0.2, 0) is 31.9 Å². The number of imidazole rings is 1. The molecule has 4 nitrogen and oxygen atoms in total. The number of para-hydroxylation sites is 1. The van der Waals surface area contributed by atoms with Crippen molar-refractivity contribution < 1.29 is 30.3 Å². The van der Waals surface area contributed by atoms with E-state index >= 15 is 0 Å². The molecule has 0 aliphatic carbocycles. The monoisotopic (exact) mass is 1070 g/mol. The third-order valence-electron chi connectivity index (χ3n) is 13.9.